The van der Waals surface area contributed by atoms with Crippen LogP contribution in [0.1, 0.15) is 5.56 Å². The van der Waals surface area contributed by atoms with Gasteiger partial charge in [-0.3, -0.25) is 20.2 Å². The van der Waals surface area contributed by atoms with Crippen LogP contribution in [0.5, 0.6) is 11.5 Å². The van der Waals surface area contributed by atoms with Crippen molar-refractivity contribution in [2.24, 2.45) is 0 Å². The number of alkyl halides is 3. The van der Waals surface area contributed by atoms with Gasteiger partial charge in [-0.1, -0.05) is 11.6 Å². The van der Waals surface area contributed by atoms with Gasteiger partial charge in [0.15, 0.2) is 0 Å². The van der Waals surface area contributed by atoms with Gasteiger partial charge in [0.2, 0.25) is 0 Å². The zero-order valence-electron chi connectivity index (χ0n) is 11.7. The molecule has 132 valence electrons. The van der Waals surface area contributed by atoms with Gasteiger partial charge < -0.3 is 4.74 Å². The molecule has 0 amide bonds. The normalized spacial score (nSPS) is 11.2. The highest BCUT2D eigenvalue weighted by Crippen LogP contribution is 2.49. The molecule has 0 saturated carbocycles. The van der Waals surface area contributed by atoms with Crippen molar-refractivity contribution in [2.45, 2.75) is 6.18 Å². The lowest BCUT2D eigenvalue weighted by Gasteiger charge is -2.12. The monoisotopic (exact) mass is 380 g/mol. The molecule has 25 heavy (non-hydrogen) atoms. The van der Waals surface area contributed by atoms with Crippen molar-refractivity contribution < 1.29 is 32.1 Å². The molecule has 12 heteroatoms. The average Bonchev–Trinajstić information content (AvgIpc) is 2.47. The number of benzene rings is 2. The van der Waals surface area contributed by atoms with Gasteiger partial charge in [-0.15, -0.1) is 0 Å². The molecule has 0 aliphatic carbocycles. The molecule has 0 heterocycles. The lowest BCUT2D eigenvalue weighted by molar-refractivity contribution is -0.395. The minimum absolute atomic E-state index is 0.0359. The maximum absolute atomic E-state index is 12.9. The zero-order chi connectivity index (χ0) is 18.9. The summed E-state index contributed by atoms with van der Waals surface area (Å²) >= 11 is 5.44. The van der Waals surface area contributed by atoms with Crippen LogP contribution in [0.2, 0.25) is 5.02 Å². The number of rotatable bonds is 4. The highest BCUT2D eigenvalue weighted by Gasteiger charge is 2.43. The predicted molar refractivity (Wildman–Crippen MR) is 76.2 cm³/mol. The van der Waals surface area contributed by atoms with Crippen molar-refractivity contribution >= 4 is 23.0 Å². The van der Waals surface area contributed by atoms with Gasteiger partial charge >= 0.3 is 17.6 Å². The molecule has 0 aliphatic heterocycles. The van der Waals surface area contributed by atoms with Gasteiger partial charge in [-0.25, -0.2) is 4.39 Å². The lowest BCUT2D eigenvalue weighted by Crippen LogP contribution is -2.10. The van der Waals surface area contributed by atoms with E-state index in [2.05, 4.69) is 0 Å². The molecule has 2 rings (SSSR count). The van der Waals surface area contributed by atoms with E-state index in [9.17, 15) is 37.8 Å². The Bertz CT molecular complexity index is 855. The Balaban J connectivity index is 2.76. The van der Waals surface area contributed by atoms with E-state index in [-0.39, 0.29) is 11.8 Å². The summed E-state index contributed by atoms with van der Waals surface area (Å²) in [6, 6.07) is 3.77. The van der Waals surface area contributed by atoms with Crippen LogP contribution in [0.25, 0.3) is 0 Å². The summed E-state index contributed by atoms with van der Waals surface area (Å²) in [5.74, 6) is -2.06. The van der Waals surface area contributed by atoms with Crippen molar-refractivity contribution in [3.63, 3.8) is 0 Å². The standard InChI is InChI=1S/C13H5ClF4N2O5/c14-10-8(13(16,17)18)5-9(19(21)22)12(11(10)20(23)24)25-7-3-1-6(15)2-4-7/h1-5H. The first-order valence-electron chi connectivity index (χ1n) is 6.18. The zero-order valence-corrected chi connectivity index (χ0v) is 12.5. The van der Waals surface area contributed by atoms with E-state index < -0.39 is 49.6 Å². The van der Waals surface area contributed by atoms with Crippen molar-refractivity contribution in [1.82, 2.24) is 0 Å². The molecular formula is C13H5ClF4N2O5. The maximum atomic E-state index is 12.9. The number of ether oxygens (including phenoxy) is 1. The molecule has 2 aromatic rings. The van der Waals surface area contributed by atoms with E-state index in [1.54, 1.807) is 0 Å². The molecule has 2 aromatic carbocycles. The minimum Gasteiger partial charge on any atom is -0.444 e. The second-order valence-electron chi connectivity index (χ2n) is 4.50. The van der Waals surface area contributed by atoms with Gasteiger partial charge in [-0.05, 0) is 24.3 Å². The molecular weight excluding hydrogens is 376 g/mol. The highest BCUT2D eigenvalue weighted by atomic mass is 35.5. The van der Waals surface area contributed by atoms with E-state index >= 15 is 0 Å². The third kappa shape index (κ3) is 3.76. The van der Waals surface area contributed by atoms with Crippen LogP contribution in [-0.2, 0) is 6.18 Å². The second-order valence-corrected chi connectivity index (χ2v) is 4.88. The molecule has 0 saturated heterocycles. The number of halogens is 5. The molecule has 0 spiro atoms. The first kappa shape index (κ1) is 18.4. The van der Waals surface area contributed by atoms with Crippen molar-refractivity contribution in [1.29, 1.82) is 0 Å². The smallest absolute Gasteiger partial charge is 0.418 e. The summed E-state index contributed by atoms with van der Waals surface area (Å²) in [4.78, 5) is 19.6. The Labute approximate surface area is 140 Å². The Morgan fingerprint density at radius 3 is 2.04 bits per heavy atom. The number of nitro benzene ring substituents is 2. The Morgan fingerprint density at radius 1 is 1.04 bits per heavy atom. The third-order valence-corrected chi connectivity index (χ3v) is 3.27. The maximum Gasteiger partial charge on any atom is 0.418 e. The quantitative estimate of drug-likeness (QED) is 0.417. The molecule has 0 radical (unpaired) electrons. The summed E-state index contributed by atoms with van der Waals surface area (Å²) in [5.41, 5.74) is -4.49. The minimum atomic E-state index is -5.17. The number of nitro groups is 2. The lowest BCUT2D eigenvalue weighted by atomic mass is 10.1. The van der Waals surface area contributed by atoms with Crippen LogP contribution >= 0.6 is 11.6 Å². The van der Waals surface area contributed by atoms with Gasteiger partial charge in [-0.2, -0.15) is 13.2 Å². The summed E-state index contributed by atoms with van der Waals surface area (Å²) in [6.07, 6.45) is -5.17. The van der Waals surface area contributed by atoms with Gasteiger partial charge in [0.05, 0.1) is 15.4 Å². The Kier molecular flexibility index (Phi) is 4.79. The van der Waals surface area contributed by atoms with E-state index in [4.69, 9.17) is 16.3 Å². The first-order chi connectivity index (χ1) is 11.5. The van der Waals surface area contributed by atoms with Crippen LogP contribution in [0, 0.1) is 26.0 Å². The van der Waals surface area contributed by atoms with Crippen molar-refractivity contribution in [3.05, 3.63) is 67.0 Å². The SMILES string of the molecule is O=[N+]([O-])c1cc(C(F)(F)F)c(Cl)c([N+](=O)[O-])c1Oc1ccc(F)cc1. The summed E-state index contributed by atoms with van der Waals surface area (Å²) in [6.45, 7) is 0. The molecule has 0 bridgehead atoms. The number of hydrogen-bond acceptors (Lipinski definition) is 5. The molecule has 0 atom stereocenters. The van der Waals surface area contributed by atoms with Gasteiger partial charge in [0.1, 0.15) is 16.6 Å². The van der Waals surface area contributed by atoms with Crippen molar-refractivity contribution in [2.75, 3.05) is 0 Å². The predicted octanol–water partition coefficient (Wildman–Crippen LogP) is 5.11. The molecule has 0 aliphatic rings. The fraction of sp³-hybridized carbons (Fsp3) is 0.0769. The fourth-order valence-electron chi connectivity index (χ4n) is 1.84. The third-order valence-electron chi connectivity index (χ3n) is 2.89. The van der Waals surface area contributed by atoms with Crippen LogP contribution < -0.4 is 4.74 Å². The summed E-state index contributed by atoms with van der Waals surface area (Å²) in [5, 5.41) is 20.8. The summed E-state index contributed by atoms with van der Waals surface area (Å²) < 4.78 is 56.6. The Morgan fingerprint density at radius 2 is 1.60 bits per heavy atom. The van der Waals surface area contributed by atoms with Crippen LogP contribution in [-0.4, -0.2) is 9.85 Å². The number of hydrogen-bond donors (Lipinski definition) is 0. The van der Waals surface area contributed by atoms with E-state index in [1.807, 2.05) is 0 Å². The fourth-order valence-corrected chi connectivity index (χ4v) is 2.16. The van der Waals surface area contributed by atoms with E-state index in [0.717, 1.165) is 24.3 Å². The molecule has 0 aromatic heterocycles. The van der Waals surface area contributed by atoms with Crippen LogP contribution in [0.15, 0.2) is 30.3 Å². The molecule has 0 N–H and O–H groups in total. The second kappa shape index (κ2) is 6.51. The van der Waals surface area contributed by atoms with Gasteiger partial charge in [0, 0.05) is 6.07 Å². The average molecular weight is 381 g/mol. The van der Waals surface area contributed by atoms with Gasteiger partial charge in [0.25, 0.3) is 5.75 Å². The molecule has 0 unspecified atom stereocenters. The van der Waals surface area contributed by atoms with E-state index in [0.29, 0.717) is 0 Å². The largest absolute Gasteiger partial charge is 0.444 e. The topological polar surface area (TPSA) is 95.5 Å². The number of nitrogens with zero attached hydrogens (tertiary/aromatic N) is 2. The first-order valence-corrected chi connectivity index (χ1v) is 6.56. The van der Waals surface area contributed by atoms with Crippen LogP contribution in [0.4, 0.5) is 28.9 Å². The van der Waals surface area contributed by atoms with E-state index in [1.165, 1.54) is 0 Å². The van der Waals surface area contributed by atoms with Crippen molar-refractivity contribution in [3.8, 4) is 11.5 Å². The summed E-state index contributed by atoms with van der Waals surface area (Å²) in [7, 11) is 0. The van der Waals surface area contributed by atoms with Crippen LogP contribution in [0.3, 0.4) is 0 Å². The molecule has 7 nitrogen and oxygen atoms in total. The Hall–Kier alpha value is -2.95. The molecule has 0 fully saturated rings. The highest BCUT2D eigenvalue weighted by molar-refractivity contribution is 6.34.